The maximum Gasteiger partial charge on any atom is 0.136 e. The smallest absolute Gasteiger partial charge is 0.136 e. The molecule has 2 nitrogen and oxygen atoms in total. The molecule has 1 aliphatic carbocycles. The second-order valence-corrected chi connectivity index (χ2v) is 14.3. The fourth-order valence-electron chi connectivity index (χ4n) is 8.68. The van der Waals surface area contributed by atoms with Gasteiger partial charge in [-0.3, -0.25) is 0 Å². The molecule has 0 spiro atoms. The van der Waals surface area contributed by atoms with Gasteiger partial charge in [0.05, 0.1) is 11.0 Å². The SMILES string of the molecule is c1ccc2c(c1)-c1cccc3c(-c4ccc5sc6ccc(-n7c8ccccc8c8c9c(ccc87)oc7ccccc79)cc6c5c4)ccc-2c13. The first kappa shape index (κ1) is 25.9. The van der Waals surface area contributed by atoms with Crippen molar-refractivity contribution in [3.63, 3.8) is 0 Å². The second-order valence-electron chi connectivity index (χ2n) is 13.2. The van der Waals surface area contributed by atoms with E-state index in [1.54, 1.807) is 0 Å². The van der Waals surface area contributed by atoms with Gasteiger partial charge in [-0.25, -0.2) is 0 Å². The summed E-state index contributed by atoms with van der Waals surface area (Å²) in [6.07, 6.45) is 0. The topological polar surface area (TPSA) is 18.1 Å². The van der Waals surface area contributed by atoms with Crippen LogP contribution in [0.3, 0.4) is 0 Å². The Bertz CT molecular complexity index is 3200. The molecular formula is C46H25NOS. The molecule has 0 amide bonds. The number of hydrogen-bond donors (Lipinski definition) is 0. The molecule has 3 heterocycles. The Morgan fingerprint density at radius 1 is 0.388 bits per heavy atom. The van der Waals surface area contributed by atoms with Crippen LogP contribution in [-0.4, -0.2) is 4.57 Å². The van der Waals surface area contributed by atoms with Crippen LogP contribution in [0.1, 0.15) is 0 Å². The number of rotatable bonds is 2. The van der Waals surface area contributed by atoms with E-state index in [0.29, 0.717) is 0 Å². The number of benzene rings is 8. The molecule has 0 fully saturated rings. The molecule has 0 radical (unpaired) electrons. The number of thiophene rings is 1. The third kappa shape index (κ3) is 3.35. The summed E-state index contributed by atoms with van der Waals surface area (Å²) >= 11 is 1.87. The van der Waals surface area contributed by atoms with Crippen molar-refractivity contribution in [1.82, 2.24) is 4.57 Å². The van der Waals surface area contributed by atoms with Crippen LogP contribution >= 0.6 is 11.3 Å². The molecule has 3 heteroatoms. The van der Waals surface area contributed by atoms with E-state index < -0.39 is 0 Å². The molecule has 12 rings (SSSR count). The lowest BCUT2D eigenvalue weighted by Crippen LogP contribution is -1.93. The lowest BCUT2D eigenvalue weighted by molar-refractivity contribution is 0.669. The summed E-state index contributed by atoms with van der Waals surface area (Å²) < 4.78 is 11.4. The van der Waals surface area contributed by atoms with Crippen molar-refractivity contribution in [3.8, 4) is 39.1 Å². The summed E-state index contributed by atoms with van der Waals surface area (Å²) in [5, 5.41) is 10.1. The minimum absolute atomic E-state index is 0.925. The summed E-state index contributed by atoms with van der Waals surface area (Å²) in [6.45, 7) is 0. The zero-order valence-corrected chi connectivity index (χ0v) is 27.0. The Kier molecular flexibility index (Phi) is 4.89. The Hall–Kier alpha value is -6.16. The monoisotopic (exact) mass is 639 g/mol. The van der Waals surface area contributed by atoms with Gasteiger partial charge in [-0.15, -0.1) is 11.3 Å². The van der Waals surface area contributed by atoms with Crippen LogP contribution in [-0.2, 0) is 0 Å². The predicted octanol–water partition coefficient (Wildman–Crippen LogP) is 13.5. The molecule has 1 aliphatic rings. The summed E-state index contributed by atoms with van der Waals surface area (Å²) in [5.41, 5.74) is 13.3. The molecule has 0 atom stereocenters. The third-order valence-electron chi connectivity index (χ3n) is 10.7. The van der Waals surface area contributed by atoms with Crippen LogP contribution in [0, 0.1) is 0 Å². The van der Waals surface area contributed by atoms with Crippen molar-refractivity contribution in [2.45, 2.75) is 0 Å². The van der Waals surface area contributed by atoms with Gasteiger partial charge in [0, 0.05) is 47.4 Å². The normalized spacial score (nSPS) is 12.5. The molecule has 0 unspecified atom stereocenters. The molecule has 226 valence electrons. The largest absolute Gasteiger partial charge is 0.456 e. The highest BCUT2D eigenvalue weighted by Gasteiger charge is 2.23. The van der Waals surface area contributed by atoms with Crippen molar-refractivity contribution in [2.75, 3.05) is 0 Å². The van der Waals surface area contributed by atoms with Crippen LogP contribution in [0.25, 0.3) is 114 Å². The van der Waals surface area contributed by atoms with Gasteiger partial charge < -0.3 is 8.98 Å². The first-order valence-corrected chi connectivity index (χ1v) is 17.6. The van der Waals surface area contributed by atoms with Gasteiger partial charge in [-0.2, -0.15) is 0 Å². The summed E-state index contributed by atoms with van der Waals surface area (Å²) in [6, 6.07) is 55.7. The Morgan fingerprint density at radius 3 is 1.98 bits per heavy atom. The number of nitrogens with zero attached hydrogens (tertiary/aromatic N) is 1. The van der Waals surface area contributed by atoms with Gasteiger partial charge in [0.1, 0.15) is 11.2 Å². The molecule has 3 aromatic heterocycles. The number of para-hydroxylation sites is 2. The Labute approximate surface area is 284 Å². The van der Waals surface area contributed by atoms with Gasteiger partial charge in [-0.1, -0.05) is 97.1 Å². The fourth-order valence-corrected chi connectivity index (χ4v) is 9.75. The van der Waals surface area contributed by atoms with Crippen LogP contribution < -0.4 is 0 Å². The van der Waals surface area contributed by atoms with Crippen molar-refractivity contribution >= 4 is 86.0 Å². The van der Waals surface area contributed by atoms with E-state index >= 15 is 0 Å². The highest BCUT2D eigenvalue weighted by atomic mass is 32.1. The molecule has 49 heavy (non-hydrogen) atoms. The highest BCUT2D eigenvalue weighted by molar-refractivity contribution is 7.25. The van der Waals surface area contributed by atoms with Crippen LogP contribution in [0.15, 0.2) is 156 Å². The Morgan fingerprint density at radius 2 is 1.08 bits per heavy atom. The first-order valence-electron chi connectivity index (χ1n) is 16.8. The van der Waals surface area contributed by atoms with Gasteiger partial charge in [0.15, 0.2) is 0 Å². The lowest BCUT2D eigenvalue weighted by Gasteiger charge is -2.10. The highest BCUT2D eigenvalue weighted by Crippen LogP contribution is 2.50. The minimum atomic E-state index is 0.925. The molecule has 0 N–H and O–H groups in total. The zero-order valence-electron chi connectivity index (χ0n) is 26.2. The van der Waals surface area contributed by atoms with E-state index in [1.165, 1.54) is 97.2 Å². The third-order valence-corrected chi connectivity index (χ3v) is 11.9. The molecule has 0 bridgehead atoms. The average Bonchev–Trinajstić information content (AvgIpc) is 3.90. The molecule has 0 saturated heterocycles. The maximum absolute atomic E-state index is 6.32. The molecule has 8 aromatic carbocycles. The number of aromatic nitrogens is 1. The van der Waals surface area contributed by atoms with E-state index in [0.717, 1.165) is 16.6 Å². The van der Waals surface area contributed by atoms with E-state index in [-0.39, 0.29) is 0 Å². The van der Waals surface area contributed by atoms with E-state index in [9.17, 15) is 0 Å². The number of hydrogen-bond acceptors (Lipinski definition) is 2. The number of fused-ring (bicyclic) bond motifs is 13. The summed E-state index contributed by atoms with van der Waals surface area (Å²) in [4.78, 5) is 0. The molecule has 11 aromatic rings. The van der Waals surface area contributed by atoms with Crippen molar-refractivity contribution in [1.29, 1.82) is 0 Å². The van der Waals surface area contributed by atoms with E-state index in [4.69, 9.17) is 4.42 Å². The average molecular weight is 640 g/mol. The number of furan rings is 1. The van der Waals surface area contributed by atoms with Crippen LogP contribution in [0.4, 0.5) is 0 Å². The van der Waals surface area contributed by atoms with Crippen molar-refractivity contribution in [3.05, 3.63) is 152 Å². The quantitative estimate of drug-likeness (QED) is 0.184. The van der Waals surface area contributed by atoms with Gasteiger partial charge in [-0.05, 0) is 98.8 Å². The predicted molar refractivity (Wildman–Crippen MR) is 208 cm³/mol. The first-order chi connectivity index (χ1) is 24.3. The van der Waals surface area contributed by atoms with Gasteiger partial charge in [0.2, 0.25) is 0 Å². The lowest BCUT2D eigenvalue weighted by atomic mass is 9.93. The Balaban J connectivity index is 1.09. The summed E-state index contributed by atoms with van der Waals surface area (Å²) in [7, 11) is 0. The van der Waals surface area contributed by atoms with Gasteiger partial charge in [0.25, 0.3) is 0 Å². The molecular weight excluding hydrogens is 615 g/mol. The van der Waals surface area contributed by atoms with Crippen molar-refractivity contribution in [2.24, 2.45) is 0 Å². The minimum Gasteiger partial charge on any atom is -0.456 e. The maximum atomic E-state index is 6.32. The van der Waals surface area contributed by atoms with Crippen molar-refractivity contribution < 1.29 is 4.42 Å². The zero-order chi connectivity index (χ0) is 31.8. The second kappa shape index (κ2) is 9.25. The molecule has 0 aliphatic heterocycles. The van der Waals surface area contributed by atoms with E-state index in [2.05, 4.69) is 150 Å². The standard InChI is InChI=1S/C46H25NOS/c1-2-9-30-29(8-1)32-13-7-12-31-28(18-19-33(30)44(31)32)26-16-22-42-36(24-26)37-25-27(17-23-43(37)49-42)47-38-14-5-3-10-34(38)45-39(47)20-21-41-46(45)35-11-4-6-15-40(35)48-41/h1-25H. The molecule has 0 saturated carbocycles. The van der Waals surface area contributed by atoms with E-state index in [1.807, 2.05) is 17.4 Å². The van der Waals surface area contributed by atoms with Crippen LogP contribution in [0.2, 0.25) is 0 Å². The van der Waals surface area contributed by atoms with Crippen LogP contribution in [0.5, 0.6) is 0 Å². The fraction of sp³-hybridized carbons (Fsp3) is 0. The van der Waals surface area contributed by atoms with Gasteiger partial charge >= 0.3 is 0 Å². The summed E-state index contributed by atoms with van der Waals surface area (Å²) in [5.74, 6) is 0.